The number of hydrogen-bond donors (Lipinski definition) is 1. The van der Waals surface area contributed by atoms with Crippen LogP contribution < -0.4 is 5.32 Å². The summed E-state index contributed by atoms with van der Waals surface area (Å²) in [4.78, 5) is 25.2. The molecule has 8 heteroatoms. The molecule has 0 bridgehead atoms. The standard InChI is InChI=1S/C12H11ClN4O2S/c1-17(2)11(19)7-4-3-5-8(6-7)14-9(18)10-15-16-12(13)20-10/h3-6H,1-2H3,(H,14,18). The van der Waals surface area contributed by atoms with Crippen molar-refractivity contribution >= 4 is 40.4 Å². The maximum Gasteiger partial charge on any atom is 0.286 e. The Bertz CT molecular complexity index is 656. The first-order valence-corrected chi connectivity index (χ1v) is 6.79. The number of carbonyl (C=O) groups excluding carboxylic acids is 2. The molecule has 1 heterocycles. The highest BCUT2D eigenvalue weighted by Gasteiger charge is 2.13. The molecule has 1 N–H and O–H groups in total. The van der Waals surface area contributed by atoms with Crippen LogP contribution in [0.3, 0.4) is 0 Å². The smallest absolute Gasteiger partial charge is 0.286 e. The summed E-state index contributed by atoms with van der Waals surface area (Å²) in [6.45, 7) is 0. The molecular formula is C12H11ClN4O2S. The van der Waals surface area contributed by atoms with Gasteiger partial charge in [0.25, 0.3) is 11.8 Å². The first-order chi connectivity index (χ1) is 9.47. The number of nitrogens with one attached hydrogen (secondary N) is 1. The number of hydrogen-bond acceptors (Lipinski definition) is 5. The highest BCUT2D eigenvalue weighted by molar-refractivity contribution is 7.17. The average Bonchev–Trinajstić information content (AvgIpc) is 2.85. The zero-order chi connectivity index (χ0) is 14.7. The van der Waals surface area contributed by atoms with E-state index in [1.165, 1.54) is 4.90 Å². The van der Waals surface area contributed by atoms with Crippen LogP contribution in [0.5, 0.6) is 0 Å². The SMILES string of the molecule is CN(C)C(=O)c1cccc(NC(=O)c2nnc(Cl)s2)c1. The molecule has 0 atom stereocenters. The Balaban J connectivity index is 2.16. The van der Waals surface area contributed by atoms with Crippen molar-refractivity contribution < 1.29 is 9.59 Å². The molecule has 0 radical (unpaired) electrons. The van der Waals surface area contributed by atoms with E-state index < -0.39 is 5.91 Å². The van der Waals surface area contributed by atoms with E-state index in [-0.39, 0.29) is 15.4 Å². The van der Waals surface area contributed by atoms with Gasteiger partial charge in [-0.05, 0) is 29.8 Å². The lowest BCUT2D eigenvalue weighted by Crippen LogP contribution is -2.21. The van der Waals surface area contributed by atoms with E-state index >= 15 is 0 Å². The first kappa shape index (κ1) is 14.4. The number of amides is 2. The fraction of sp³-hybridized carbons (Fsp3) is 0.167. The topological polar surface area (TPSA) is 75.2 Å². The highest BCUT2D eigenvalue weighted by atomic mass is 35.5. The van der Waals surface area contributed by atoms with E-state index in [4.69, 9.17) is 11.6 Å². The predicted molar refractivity (Wildman–Crippen MR) is 77.3 cm³/mol. The number of rotatable bonds is 3. The van der Waals surface area contributed by atoms with Crippen LogP contribution >= 0.6 is 22.9 Å². The van der Waals surface area contributed by atoms with E-state index in [2.05, 4.69) is 15.5 Å². The summed E-state index contributed by atoms with van der Waals surface area (Å²) in [7, 11) is 3.33. The number of benzene rings is 1. The van der Waals surface area contributed by atoms with E-state index in [0.29, 0.717) is 11.3 Å². The lowest BCUT2D eigenvalue weighted by Gasteiger charge is -2.11. The van der Waals surface area contributed by atoms with Gasteiger partial charge in [-0.15, -0.1) is 10.2 Å². The third-order valence-electron chi connectivity index (χ3n) is 2.37. The number of carbonyl (C=O) groups is 2. The van der Waals surface area contributed by atoms with Gasteiger partial charge in [-0.3, -0.25) is 9.59 Å². The molecule has 2 aromatic rings. The molecule has 0 spiro atoms. The van der Waals surface area contributed by atoms with Crippen molar-refractivity contribution in [3.05, 3.63) is 39.3 Å². The van der Waals surface area contributed by atoms with E-state index in [0.717, 1.165) is 11.3 Å². The van der Waals surface area contributed by atoms with Gasteiger partial charge >= 0.3 is 0 Å². The second kappa shape index (κ2) is 5.98. The minimum absolute atomic E-state index is 0.139. The summed E-state index contributed by atoms with van der Waals surface area (Å²) >= 11 is 6.61. The Morgan fingerprint density at radius 2 is 2.05 bits per heavy atom. The van der Waals surface area contributed by atoms with Crippen LogP contribution in [-0.4, -0.2) is 41.0 Å². The lowest BCUT2D eigenvalue weighted by molar-refractivity contribution is 0.0827. The van der Waals surface area contributed by atoms with Gasteiger partial charge in [0.05, 0.1) is 0 Å². The molecule has 104 valence electrons. The van der Waals surface area contributed by atoms with Crippen LogP contribution in [0, 0.1) is 0 Å². The Morgan fingerprint density at radius 3 is 2.65 bits per heavy atom. The summed E-state index contributed by atoms with van der Waals surface area (Å²) in [5.41, 5.74) is 0.997. The van der Waals surface area contributed by atoms with Gasteiger partial charge < -0.3 is 10.2 Å². The molecule has 1 aromatic heterocycles. The van der Waals surface area contributed by atoms with Gasteiger partial charge in [0.1, 0.15) is 0 Å². The molecular weight excluding hydrogens is 300 g/mol. The number of aromatic nitrogens is 2. The monoisotopic (exact) mass is 310 g/mol. The first-order valence-electron chi connectivity index (χ1n) is 5.59. The van der Waals surface area contributed by atoms with Gasteiger partial charge in [-0.1, -0.05) is 17.4 Å². The number of nitrogens with zero attached hydrogens (tertiary/aromatic N) is 3. The van der Waals surface area contributed by atoms with Crippen molar-refractivity contribution in [2.45, 2.75) is 0 Å². The van der Waals surface area contributed by atoms with Crippen molar-refractivity contribution in [1.29, 1.82) is 0 Å². The maximum absolute atomic E-state index is 11.9. The summed E-state index contributed by atoms with van der Waals surface area (Å²) in [5.74, 6) is -0.552. The van der Waals surface area contributed by atoms with Crippen molar-refractivity contribution in [3.63, 3.8) is 0 Å². The molecule has 2 rings (SSSR count). The normalized spacial score (nSPS) is 10.2. The van der Waals surface area contributed by atoms with Crippen molar-refractivity contribution in [1.82, 2.24) is 15.1 Å². The minimum atomic E-state index is -0.413. The fourth-order valence-corrected chi connectivity index (χ4v) is 2.19. The highest BCUT2D eigenvalue weighted by Crippen LogP contribution is 2.17. The fourth-order valence-electron chi connectivity index (χ4n) is 1.47. The molecule has 1 aromatic carbocycles. The Labute approximate surface area is 124 Å². The molecule has 0 fully saturated rings. The van der Waals surface area contributed by atoms with Crippen LogP contribution in [0.25, 0.3) is 0 Å². The third-order valence-corrected chi connectivity index (χ3v) is 3.39. The van der Waals surface area contributed by atoms with Crippen LogP contribution in [0.1, 0.15) is 20.2 Å². The molecule has 0 aliphatic carbocycles. The lowest BCUT2D eigenvalue weighted by atomic mass is 10.2. The van der Waals surface area contributed by atoms with Gasteiger partial charge in [0, 0.05) is 25.3 Å². The van der Waals surface area contributed by atoms with E-state index in [9.17, 15) is 9.59 Å². The molecule has 0 aliphatic rings. The van der Waals surface area contributed by atoms with Crippen LogP contribution in [-0.2, 0) is 0 Å². The molecule has 0 unspecified atom stereocenters. The summed E-state index contributed by atoms with van der Waals surface area (Å²) in [6.07, 6.45) is 0. The summed E-state index contributed by atoms with van der Waals surface area (Å²) < 4.78 is 0.201. The Hall–Kier alpha value is -1.99. The zero-order valence-corrected chi connectivity index (χ0v) is 12.3. The van der Waals surface area contributed by atoms with Crippen molar-refractivity contribution in [2.24, 2.45) is 0 Å². The molecule has 6 nitrogen and oxygen atoms in total. The van der Waals surface area contributed by atoms with Gasteiger partial charge in [-0.25, -0.2) is 0 Å². The minimum Gasteiger partial charge on any atom is -0.345 e. The van der Waals surface area contributed by atoms with E-state index in [1.54, 1.807) is 38.4 Å². The maximum atomic E-state index is 11.9. The summed E-state index contributed by atoms with van der Waals surface area (Å²) in [6, 6.07) is 6.66. The molecule has 20 heavy (non-hydrogen) atoms. The van der Waals surface area contributed by atoms with Gasteiger partial charge in [-0.2, -0.15) is 0 Å². The predicted octanol–water partition coefficient (Wildman–Crippen LogP) is 2.15. The third kappa shape index (κ3) is 3.31. The molecule has 0 aliphatic heterocycles. The largest absolute Gasteiger partial charge is 0.345 e. The average molecular weight is 311 g/mol. The van der Waals surface area contributed by atoms with Crippen molar-refractivity contribution in [3.8, 4) is 0 Å². The van der Waals surface area contributed by atoms with Gasteiger partial charge in [0.2, 0.25) is 9.47 Å². The second-order valence-corrected chi connectivity index (χ2v) is 5.65. The Morgan fingerprint density at radius 1 is 1.30 bits per heavy atom. The Kier molecular flexibility index (Phi) is 4.31. The number of halogens is 1. The number of anilines is 1. The van der Waals surface area contributed by atoms with Gasteiger partial charge in [0.15, 0.2) is 0 Å². The van der Waals surface area contributed by atoms with Crippen LogP contribution in [0.15, 0.2) is 24.3 Å². The second-order valence-electron chi connectivity index (χ2n) is 4.09. The molecule has 2 amide bonds. The quantitative estimate of drug-likeness (QED) is 0.942. The van der Waals surface area contributed by atoms with Crippen molar-refractivity contribution in [2.75, 3.05) is 19.4 Å². The van der Waals surface area contributed by atoms with E-state index in [1.807, 2.05) is 0 Å². The molecule has 0 saturated heterocycles. The van der Waals surface area contributed by atoms with Crippen LogP contribution in [0.2, 0.25) is 4.47 Å². The van der Waals surface area contributed by atoms with Crippen LogP contribution in [0.4, 0.5) is 5.69 Å². The molecule has 0 saturated carbocycles. The zero-order valence-electron chi connectivity index (χ0n) is 10.8. The summed E-state index contributed by atoms with van der Waals surface area (Å²) in [5, 5.41) is 10.0.